The zero-order chi connectivity index (χ0) is 16.3. The van der Waals surface area contributed by atoms with Gasteiger partial charge < -0.3 is 15.6 Å². The third-order valence-electron chi connectivity index (χ3n) is 3.81. The number of benzene rings is 1. The lowest BCUT2D eigenvalue weighted by molar-refractivity contribution is 0.250. The summed E-state index contributed by atoms with van der Waals surface area (Å²) in [5, 5.41) is 5.49. The molecule has 0 unspecified atom stereocenters. The standard InChI is InChI=1S/C15H18N4O3S/c20-15(17-7-11-4-5-23(21,22)9-11)19-13-3-1-2-12(6-13)14-8-16-10-18-14/h1-3,6,8,10-11H,4-5,7,9H2,(H,16,18)(H2,17,19,20)/t11-/m1/s1. The summed E-state index contributed by atoms with van der Waals surface area (Å²) >= 11 is 0. The average Bonchev–Trinajstić information content (AvgIpc) is 3.15. The molecule has 8 heteroatoms. The van der Waals surface area contributed by atoms with E-state index < -0.39 is 9.84 Å². The van der Waals surface area contributed by atoms with Gasteiger partial charge in [-0.05, 0) is 24.5 Å². The predicted octanol–water partition coefficient (Wildman–Crippen LogP) is 1.63. The summed E-state index contributed by atoms with van der Waals surface area (Å²) in [7, 11) is -2.91. The highest BCUT2D eigenvalue weighted by Crippen LogP contribution is 2.20. The summed E-state index contributed by atoms with van der Waals surface area (Å²) in [5.74, 6) is 0.373. The van der Waals surface area contributed by atoms with Crippen LogP contribution in [0.5, 0.6) is 0 Å². The second-order valence-corrected chi connectivity index (χ2v) is 7.88. The summed E-state index contributed by atoms with van der Waals surface area (Å²) in [6, 6.07) is 7.05. The van der Waals surface area contributed by atoms with E-state index in [1.54, 1.807) is 18.6 Å². The van der Waals surface area contributed by atoms with Crippen LogP contribution >= 0.6 is 0 Å². The van der Waals surface area contributed by atoms with Crippen LogP contribution in [0.4, 0.5) is 10.5 Å². The van der Waals surface area contributed by atoms with E-state index in [0.717, 1.165) is 11.3 Å². The van der Waals surface area contributed by atoms with Gasteiger partial charge >= 0.3 is 6.03 Å². The number of hydrogen-bond donors (Lipinski definition) is 3. The number of aromatic amines is 1. The minimum atomic E-state index is -2.91. The number of carbonyl (C=O) groups is 1. The van der Waals surface area contributed by atoms with Crippen LogP contribution in [0, 0.1) is 5.92 Å². The summed E-state index contributed by atoms with van der Waals surface area (Å²) in [6.45, 7) is 0.366. The lowest BCUT2D eigenvalue weighted by atomic mass is 10.1. The number of sulfone groups is 1. The number of H-pyrrole nitrogens is 1. The molecule has 122 valence electrons. The van der Waals surface area contributed by atoms with Crippen LogP contribution < -0.4 is 10.6 Å². The fourth-order valence-corrected chi connectivity index (χ4v) is 4.49. The van der Waals surface area contributed by atoms with E-state index in [-0.39, 0.29) is 23.5 Å². The molecule has 1 atom stereocenters. The first-order chi connectivity index (χ1) is 11.0. The lowest BCUT2D eigenvalue weighted by Crippen LogP contribution is -2.33. The molecule has 1 saturated heterocycles. The first-order valence-corrected chi connectivity index (χ1v) is 9.18. The predicted molar refractivity (Wildman–Crippen MR) is 87.8 cm³/mol. The first-order valence-electron chi connectivity index (χ1n) is 7.36. The Morgan fingerprint density at radius 2 is 2.26 bits per heavy atom. The number of rotatable bonds is 4. The second-order valence-electron chi connectivity index (χ2n) is 5.65. The molecule has 0 spiro atoms. The van der Waals surface area contributed by atoms with E-state index in [9.17, 15) is 13.2 Å². The van der Waals surface area contributed by atoms with E-state index in [1.165, 1.54) is 0 Å². The second kappa shape index (κ2) is 6.41. The van der Waals surface area contributed by atoms with Crippen molar-refractivity contribution in [2.75, 3.05) is 23.4 Å². The summed E-state index contributed by atoms with van der Waals surface area (Å²) in [4.78, 5) is 18.9. The summed E-state index contributed by atoms with van der Waals surface area (Å²) in [6.07, 6.45) is 3.91. The minimum absolute atomic E-state index is 0.00192. The molecule has 23 heavy (non-hydrogen) atoms. The highest BCUT2D eigenvalue weighted by atomic mass is 32.2. The molecule has 1 aromatic heterocycles. The van der Waals surface area contributed by atoms with Gasteiger partial charge in [0.1, 0.15) is 0 Å². The van der Waals surface area contributed by atoms with E-state index in [1.807, 2.05) is 18.2 Å². The molecule has 0 radical (unpaired) electrons. The van der Waals surface area contributed by atoms with Crippen LogP contribution in [0.15, 0.2) is 36.8 Å². The first kappa shape index (κ1) is 15.5. The quantitative estimate of drug-likeness (QED) is 0.790. The third kappa shape index (κ3) is 4.10. The number of hydrogen-bond acceptors (Lipinski definition) is 4. The van der Waals surface area contributed by atoms with Crippen LogP contribution in [0.2, 0.25) is 0 Å². The van der Waals surface area contributed by atoms with Crippen LogP contribution in [0.3, 0.4) is 0 Å². The van der Waals surface area contributed by atoms with Gasteiger partial charge in [-0.1, -0.05) is 12.1 Å². The van der Waals surface area contributed by atoms with Crippen molar-refractivity contribution in [2.24, 2.45) is 5.92 Å². The van der Waals surface area contributed by atoms with Gasteiger partial charge in [-0.25, -0.2) is 18.2 Å². The fourth-order valence-electron chi connectivity index (χ4n) is 2.62. The van der Waals surface area contributed by atoms with Crippen molar-refractivity contribution >= 4 is 21.6 Å². The smallest absolute Gasteiger partial charge is 0.319 e. The van der Waals surface area contributed by atoms with E-state index >= 15 is 0 Å². The average molecular weight is 334 g/mol. The molecule has 3 N–H and O–H groups in total. The Kier molecular flexibility index (Phi) is 4.33. The Balaban J connectivity index is 1.55. The number of nitrogens with zero attached hydrogens (tertiary/aromatic N) is 1. The van der Waals surface area contributed by atoms with Gasteiger partial charge in [0.15, 0.2) is 9.84 Å². The minimum Gasteiger partial charge on any atom is -0.345 e. The van der Waals surface area contributed by atoms with Gasteiger partial charge in [-0.3, -0.25) is 0 Å². The molecule has 0 bridgehead atoms. The van der Waals surface area contributed by atoms with Crippen LogP contribution in [0.25, 0.3) is 11.3 Å². The molecule has 2 heterocycles. The van der Waals surface area contributed by atoms with Gasteiger partial charge in [0, 0.05) is 17.8 Å². The van der Waals surface area contributed by atoms with Gasteiger partial charge in [0.05, 0.1) is 29.7 Å². The van der Waals surface area contributed by atoms with Crippen LogP contribution in [-0.4, -0.2) is 42.5 Å². The van der Waals surface area contributed by atoms with Crippen LogP contribution in [0.1, 0.15) is 6.42 Å². The molecule has 0 saturated carbocycles. The Hall–Kier alpha value is -2.35. The normalized spacial score (nSPS) is 19.4. The largest absolute Gasteiger partial charge is 0.345 e. The number of nitrogens with one attached hydrogen (secondary N) is 3. The zero-order valence-corrected chi connectivity index (χ0v) is 13.3. The fraction of sp³-hybridized carbons (Fsp3) is 0.333. The zero-order valence-electron chi connectivity index (χ0n) is 12.5. The van der Waals surface area contributed by atoms with E-state index in [4.69, 9.17) is 0 Å². The van der Waals surface area contributed by atoms with Crippen LogP contribution in [-0.2, 0) is 9.84 Å². The Labute approximate surface area is 134 Å². The molecule has 3 rings (SSSR count). The van der Waals surface area contributed by atoms with Gasteiger partial charge in [-0.2, -0.15) is 0 Å². The van der Waals surface area contributed by atoms with Gasteiger partial charge in [0.25, 0.3) is 0 Å². The van der Waals surface area contributed by atoms with Crippen molar-refractivity contribution in [3.63, 3.8) is 0 Å². The highest BCUT2D eigenvalue weighted by Gasteiger charge is 2.27. The summed E-state index contributed by atoms with van der Waals surface area (Å²) in [5.41, 5.74) is 2.45. The van der Waals surface area contributed by atoms with Crippen molar-refractivity contribution in [1.29, 1.82) is 0 Å². The van der Waals surface area contributed by atoms with E-state index in [2.05, 4.69) is 20.6 Å². The van der Waals surface area contributed by atoms with Crippen molar-refractivity contribution in [3.05, 3.63) is 36.8 Å². The van der Waals surface area contributed by atoms with E-state index in [0.29, 0.717) is 18.7 Å². The third-order valence-corrected chi connectivity index (χ3v) is 5.64. The van der Waals surface area contributed by atoms with Gasteiger partial charge in [0.2, 0.25) is 0 Å². The maximum absolute atomic E-state index is 11.9. The number of urea groups is 1. The maximum Gasteiger partial charge on any atom is 0.319 e. The molecule has 2 aromatic rings. The van der Waals surface area contributed by atoms with Crippen molar-refractivity contribution in [2.45, 2.75) is 6.42 Å². The number of aromatic nitrogens is 2. The molecule has 0 aliphatic carbocycles. The summed E-state index contributed by atoms with van der Waals surface area (Å²) < 4.78 is 22.8. The lowest BCUT2D eigenvalue weighted by Gasteiger charge is -2.11. The number of carbonyl (C=O) groups excluding carboxylic acids is 1. The topological polar surface area (TPSA) is 104 Å². The number of imidazole rings is 1. The Morgan fingerprint density at radius 1 is 1.39 bits per heavy atom. The SMILES string of the molecule is O=C(NC[C@H]1CCS(=O)(=O)C1)Nc1cccc(-c2cnc[nH]2)c1. The molecule has 1 aliphatic rings. The Bertz CT molecular complexity index is 787. The molecule has 1 fully saturated rings. The van der Waals surface area contributed by atoms with Gasteiger partial charge in [-0.15, -0.1) is 0 Å². The monoisotopic (exact) mass is 334 g/mol. The molecule has 1 aromatic carbocycles. The maximum atomic E-state index is 11.9. The molecule has 7 nitrogen and oxygen atoms in total. The molecule has 2 amide bonds. The van der Waals surface area contributed by atoms with Crippen molar-refractivity contribution < 1.29 is 13.2 Å². The number of amides is 2. The number of anilines is 1. The highest BCUT2D eigenvalue weighted by molar-refractivity contribution is 7.91. The van der Waals surface area contributed by atoms with Crippen molar-refractivity contribution in [3.8, 4) is 11.3 Å². The molecular weight excluding hydrogens is 316 g/mol. The van der Waals surface area contributed by atoms with Crippen molar-refractivity contribution in [1.82, 2.24) is 15.3 Å². The Morgan fingerprint density at radius 3 is 2.96 bits per heavy atom. The molecular formula is C15H18N4O3S. The molecule has 1 aliphatic heterocycles.